The number of halogens is 3. The van der Waals surface area contributed by atoms with E-state index >= 15 is 0 Å². The summed E-state index contributed by atoms with van der Waals surface area (Å²) in [6.07, 6.45) is 2.88. The number of benzene rings is 2. The number of hydrogen-bond donors (Lipinski definition) is 3. The van der Waals surface area contributed by atoms with Gasteiger partial charge in [0.15, 0.2) is 0 Å². The van der Waals surface area contributed by atoms with Crippen LogP contribution < -0.4 is 16.0 Å². The average molecular weight is 635 g/mol. The van der Waals surface area contributed by atoms with Gasteiger partial charge in [-0.1, -0.05) is 54.7 Å². The lowest BCUT2D eigenvalue weighted by Gasteiger charge is -2.44. The number of rotatable bonds is 11. The molecule has 0 aliphatic carbocycles. The summed E-state index contributed by atoms with van der Waals surface area (Å²) in [5.41, 5.74) is 1.42. The number of nitrogens with one attached hydrogen (secondary N) is 3. The Hall–Kier alpha value is -3.21. The number of piperazine rings is 1. The van der Waals surface area contributed by atoms with Gasteiger partial charge in [0.2, 0.25) is 23.6 Å². The molecule has 2 fully saturated rings. The molecule has 3 N–H and O–H groups in total. The fraction of sp³-hybridized carbons (Fsp3) is 0.484. The van der Waals surface area contributed by atoms with Crippen LogP contribution in [0.15, 0.2) is 42.5 Å². The topological polar surface area (TPSA) is 111 Å². The molecule has 0 spiro atoms. The van der Waals surface area contributed by atoms with E-state index in [0.717, 1.165) is 18.5 Å². The standard InChI is InChI=1S/C31H38Cl2FN5O4/c1-3-5-26-31(43)39(27(29(41)35-2)18-20-9-12-22(32)23(33)16-20)15-14-38(26)30(42)25(17-19-7-10-21(34)11-8-19)37-28(40)24-6-4-13-36-24/h7-12,16,24-27,36H,3-6,13-15,17-18H2,1-2H3,(H,35,41)(H,37,40). The quantitative estimate of drug-likeness (QED) is 0.352. The molecule has 4 amide bonds. The van der Waals surface area contributed by atoms with Crippen LogP contribution in [0.5, 0.6) is 0 Å². The summed E-state index contributed by atoms with van der Waals surface area (Å²) >= 11 is 12.3. The van der Waals surface area contributed by atoms with Crippen molar-refractivity contribution in [3.8, 4) is 0 Å². The van der Waals surface area contributed by atoms with Gasteiger partial charge in [-0.2, -0.15) is 0 Å². The van der Waals surface area contributed by atoms with Gasteiger partial charge in [-0.15, -0.1) is 0 Å². The molecule has 0 saturated carbocycles. The van der Waals surface area contributed by atoms with E-state index in [0.29, 0.717) is 34.9 Å². The first kappa shape index (κ1) is 32.7. The van der Waals surface area contributed by atoms with E-state index in [9.17, 15) is 23.6 Å². The molecule has 4 rings (SSSR count). The first-order chi connectivity index (χ1) is 20.6. The van der Waals surface area contributed by atoms with Crippen LogP contribution in [0.3, 0.4) is 0 Å². The van der Waals surface area contributed by atoms with Crippen molar-refractivity contribution in [2.45, 2.75) is 69.6 Å². The Bertz CT molecular complexity index is 1320. The van der Waals surface area contributed by atoms with E-state index in [4.69, 9.17) is 23.2 Å². The maximum Gasteiger partial charge on any atom is 0.246 e. The van der Waals surface area contributed by atoms with Crippen molar-refractivity contribution >= 4 is 46.8 Å². The van der Waals surface area contributed by atoms with Gasteiger partial charge in [0.1, 0.15) is 23.9 Å². The summed E-state index contributed by atoms with van der Waals surface area (Å²) in [6, 6.07) is 7.88. The number of nitrogens with zero attached hydrogens (tertiary/aromatic N) is 2. The molecule has 2 aromatic rings. The second kappa shape index (κ2) is 15.0. The van der Waals surface area contributed by atoms with Gasteiger partial charge >= 0.3 is 0 Å². The van der Waals surface area contributed by atoms with E-state index in [1.165, 1.54) is 29.0 Å². The van der Waals surface area contributed by atoms with Crippen molar-refractivity contribution < 1.29 is 23.6 Å². The molecule has 4 unspecified atom stereocenters. The SMILES string of the molecule is CCCC1C(=O)N(C(Cc2ccc(Cl)c(Cl)c2)C(=O)NC)CCN1C(=O)C(Cc1ccc(F)cc1)NC(=O)C1CCCN1. The Morgan fingerprint density at radius 1 is 1.05 bits per heavy atom. The number of amides is 4. The van der Waals surface area contributed by atoms with Gasteiger partial charge in [0, 0.05) is 33.0 Å². The molecule has 0 bridgehead atoms. The fourth-order valence-electron chi connectivity index (χ4n) is 5.77. The summed E-state index contributed by atoms with van der Waals surface area (Å²) < 4.78 is 13.6. The molecule has 43 heavy (non-hydrogen) atoms. The smallest absolute Gasteiger partial charge is 0.246 e. The summed E-state index contributed by atoms with van der Waals surface area (Å²) in [6.45, 7) is 2.95. The molecule has 4 atom stereocenters. The van der Waals surface area contributed by atoms with Gasteiger partial charge in [-0.3, -0.25) is 19.2 Å². The number of carbonyl (C=O) groups is 4. The van der Waals surface area contributed by atoms with Gasteiger partial charge < -0.3 is 25.8 Å². The third kappa shape index (κ3) is 8.04. The maximum atomic E-state index is 14.1. The minimum atomic E-state index is -0.954. The van der Waals surface area contributed by atoms with Crippen LogP contribution in [0.4, 0.5) is 4.39 Å². The average Bonchev–Trinajstić information content (AvgIpc) is 3.54. The summed E-state index contributed by atoms with van der Waals surface area (Å²) in [7, 11) is 1.51. The Balaban J connectivity index is 1.58. The molecule has 2 aromatic carbocycles. The van der Waals surface area contributed by atoms with Crippen LogP contribution in [0.2, 0.25) is 10.0 Å². The van der Waals surface area contributed by atoms with E-state index in [-0.39, 0.29) is 49.6 Å². The van der Waals surface area contributed by atoms with Gasteiger partial charge in [-0.05, 0) is 61.2 Å². The number of carbonyl (C=O) groups excluding carboxylic acids is 4. The molecule has 0 radical (unpaired) electrons. The minimum Gasteiger partial charge on any atom is -0.357 e. The Kier molecular flexibility index (Phi) is 11.4. The lowest BCUT2D eigenvalue weighted by molar-refractivity contribution is -0.157. The Morgan fingerprint density at radius 2 is 1.77 bits per heavy atom. The molecule has 0 aromatic heterocycles. The van der Waals surface area contributed by atoms with E-state index in [2.05, 4.69) is 16.0 Å². The van der Waals surface area contributed by atoms with Crippen LogP contribution in [0, 0.1) is 5.82 Å². The van der Waals surface area contributed by atoms with Crippen LogP contribution in [-0.2, 0) is 32.0 Å². The minimum absolute atomic E-state index is 0.131. The summed E-state index contributed by atoms with van der Waals surface area (Å²) in [5.74, 6) is -1.74. The van der Waals surface area contributed by atoms with Crippen molar-refractivity contribution in [3.05, 3.63) is 69.5 Å². The summed E-state index contributed by atoms with van der Waals surface area (Å²) in [5, 5.41) is 9.44. The van der Waals surface area contributed by atoms with Crippen LogP contribution in [-0.4, -0.2) is 84.3 Å². The molecule has 12 heteroatoms. The van der Waals surface area contributed by atoms with Gasteiger partial charge in [-0.25, -0.2) is 4.39 Å². The third-order valence-corrected chi connectivity index (χ3v) is 8.79. The predicted molar refractivity (Wildman–Crippen MR) is 163 cm³/mol. The van der Waals surface area contributed by atoms with Crippen LogP contribution >= 0.6 is 23.2 Å². The highest BCUT2D eigenvalue weighted by Crippen LogP contribution is 2.26. The van der Waals surface area contributed by atoms with Gasteiger partial charge in [0.25, 0.3) is 0 Å². The summed E-state index contributed by atoms with van der Waals surface area (Å²) in [4.78, 5) is 57.3. The highest BCUT2D eigenvalue weighted by molar-refractivity contribution is 6.42. The largest absolute Gasteiger partial charge is 0.357 e. The monoisotopic (exact) mass is 633 g/mol. The van der Waals surface area contributed by atoms with E-state index < -0.39 is 30.0 Å². The third-order valence-electron chi connectivity index (χ3n) is 8.05. The molecule has 232 valence electrons. The first-order valence-electron chi connectivity index (χ1n) is 14.7. The molecule has 2 heterocycles. The van der Waals surface area contributed by atoms with Crippen molar-refractivity contribution in [2.24, 2.45) is 0 Å². The van der Waals surface area contributed by atoms with Crippen molar-refractivity contribution in [3.63, 3.8) is 0 Å². The molecule has 9 nitrogen and oxygen atoms in total. The van der Waals surface area contributed by atoms with Crippen molar-refractivity contribution in [2.75, 3.05) is 26.7 Å². The van der Waals surface area contributed by atoms with Crippen molar-refractivity contribution in [1.82, 2.24) is 25.8 Å². The van der Waals surface area contributed by atoms with Crippen molar-refractivity contribution in [1.29, 1.82) is 0 Å². The molecule has 2 aliphatic rings. The Morgan fingerprint density at radius 3 is 2.40 bits per heavy atom. The van der Waals surface area contributed by atoms with Gasteiger partial charge in [0.05, 0.1) is 16.1 Å². The lowest BCUT2D eigenvalue weighted by atomic mass is 9.97. The zero-order valence-electron chi connectivity index (χ0n) is 24.4. The lowest BCUT2D eigenvalue weighted by Crippen LogP contribution is -2.66. The molecular weight excluding hydrogens is 596 g/mol. The predicted octanol–water partition coefficient (Wildman–Crippen LogP) is 3.11. The zero-order chi connectivity index (χ0) is 31.1. The maximum absolute atomic E-state index is 14.1. The molecular formula is C31H38Cl2FN5O4. The van der Waals surface area contributed by atoms with Crippen LogP contribution in [0.25, 0.3) is 0 Å². The Labute approximate surface area is 261 Å². The normalized spacial score (nSPS) is 20.1. The first-order valence-corrected chi connectivity index (χ1v) is 15.4. The number of likely N-dealkylation sites (N-methyl/N-ethyl adjacent to an activating group) is 1. The van der Waals surface area contributed by atoms with E-state index in [1.54, 1.807) is 30.3 Å². The second-order valence-electron chi connectivity index (χ2n) is 11.0. The second-order valence-corrected chi connectivity index (χ2v) is 11.8. The number of hydrogen-bond acceptors (Lipinski definition) is 5. The molecule has 2 saturated heterocycles. The molecule has 2 aliphatic heterocycles. The highest BCUT2D eigenvalue weighted by Gasteiger charge is 2.43. The zero-order valence-corrected chi connectivity index (χ0v) is 25.9. The van der Waals surface area contributed by atoms with Crippen LogP contribution in [0.1, 0.15) is 43.7 Å². The highest BCUT2D eigenvalue weighted by atomic mass is 35.5. The van der Waals surface area contributed by atoms with E-state index in [1.807, 2.05) is 6.92 Å². The fourth-order valence-corrected chi connectivity index (χ4v) is 6.09.